The van der Waals surface area contributed by atoms with E-state index < -0.39 is 0 Å². The second-order valence-corrected chi connectivity index (χ2v) is 8.58. The first-order valence-corrected chi connectivity index (χ1v) is 9.25. The standard InChI is InChI=1S/C18H30N2O/c21-17(20-16-4-2-1-3-5-16)19-12-18-9-13-6-14(10-18)8-15(7-13)11-18/h13-16H,1-12H2,(H2,19,20,21). The zero-order valence-electron chi connectivity index (χ0n) is 13.2. The lowest BCUT2D eigenvalue weighted by atomic mass is 9.49. The van der Waals surface area contributed by atoms with Crippen LogP contribution in [0.5, 0.6) is 0 Å². The minimum atomic E-state index is 0.0950. The van der Waals surface area contributed by atoms with Crippen LogP contribution in [0.25, 0.3) is 0 Å². The van der Waals surface area contributed by atoms with Crippen molar-refractivity contribution in [2.45, 2.75) is 76.7 Å². The molecule has 5 fully saturated rings. The zero-order valence-corrected chi connectivity index (χ0v) is 13.2. The maximum Gasteiger partial charge on any atom is 0.315 e. The van der Waals surface area contributed by atoms with Crippen molar-refractivity contribution in [3.63, 3.8) is 0 Å². The highest BCUT2D eigenvalue weighted by molar-refractivity contribution is 5.74. The Balaban J connectivity index is 1.29. The highest BCUT2D eigenvalue weighted by Crippen LogP contribution is 2.59. The van der Waals surface area contributed by atoms with Crippen molar-refractivity contribution >= 4 is 6.03 Å². The summed E-state index contributed by atoms with van der Waals surface area (Å²) in [6.07, 6.45) is 14.8. The fourth-order valence-electron chi connectivity index (χ4n) is 6.26. The number of nitrogens with one attached hydrogen (secondary N) is 2. The van der Waals surface area contributed by atoms with Crippen molar-refractivity contribution in [1.82, 2.24) is 10.6 Å². The van der Waals surface area contributed by atoms with Gasteiger partial charge in [0.15, 0.2) is 0 Å². The van der Waals surface area contributed by atoms with Crippen LogP contribution < -0.4 is 10.6 Å². The summed E-state index contributed by atoms with van der Waals surface area (Å²) in [5, 5.41) is 6.44. The number of urea groups is 1. The third-order valence-corrected chi connectivity index (χ3v) is 6.73. The van der Waals surface area contributed by atoms with Crippen LogP contribution in [0.2, 0.25) is 0 Å². The van der Waals surface area contributed by atoms with Gasteiger partial charge in [-0.3, -0.25) is 0 Å². The molecule has 0 radical (unpaired) electrons. The molecule has 0 aromatic carbocycles. The van der Waals surface area contributed by atoms with Crippen LogP contribution in [-0.2, 0) is 0 Å². The third kappa shape index (κ3) is 2.93. The minimum absolute atomic E-state index is 0.0950. The van der Waals surface area contributed by atoms with E-state index in [1.54, 1.807) is 0 Å². The van der Waals surface area contributed by atoms with Gasteiger partial charge in [0.1, 0.15) is 0 Å². The number of amides is 2. The molecule has 0 heterocycles. The molecule has 3 nitrogen and oxygen atoms in total. The van der Waals surface area contributed by atoms with Crippen LogP contribution >= 0.6 is 0 Å². The molecule has 0 aromatic rings. The summed E-state index contributed by atoms with van der Waals surface area (Å²) in [7, 11) is 0. The Kier molecular flexibility index (Phi) is 3.63. The van der Waals surface area contributed by atoms with Crippen LogP contribution in [0.1, 0.15) is 70.6 Å². The minimum Gasteiger partial charge on any atom is -0.338 e. The second-order valence-electron chi connectivity index (χ2n) is 8.58. The van der Waals surface area contributed by atoms with E-state index in [0.29, 0.717) is 11.5 Å². The largest absolute Gasteiger partial charge is 0.338 e. The molecule has 0 unspecified atom stereocenters. The topological polar surface area (TPSA) is 41.1 Å². The lowest BCUT2D eigenvalue weighted by Gasteiger charge is -2.56. The second kappa shape index (κ2) is 5.48. The van der Waals surface area contributed by atoms with E-state index in [9.17, 15) is 4.79 Å². The van der Waals surface area contributed by atoms with E-state index in [4.69, 9.17) is 0 Å². The number of hydrogen-bond acceptors (Lipinski definition) is 1. The van der Waals surface area contributed by atoms with Crippen LogP contribution in [0.15, 0.2) is 0 Å². The predicted molar refractivity (Wildman–Crippen MR) is 84.0 cm³/mol. The summed E-state index contributed by atoms with van der Waals surface area (Å²) in [5.41, 5.74) is 0.457. The van der Waals surface area contributed by atoms with Crippen molar-refractivity contribution in [3.05, 3.63) is 0 Å². The molecule has 2 amide bonds. The summed E-state index contributed by atoms with van der Waals surface area (Å²) in [6, 6.07) is 0.521. The Morgan fingerprint density at radius 2 is 1.48 bits per heavy atom. The SMILES string of the molecule is O=C(NCC12CC3CC(CC(C3)C1)C2)NC1CCCCC1. The van der Waals surface area contributed by atoms with E-state index in [1.807, 2.05) is 0 Å². The molecule has 5 aliphatic carbocycles. The normalized spacial score (nSPS) is 42.0. The molecule has 0 aliphatic heterocycles. The maximum absolute atomic E-state index is 12.2. The van der Waals surface area contributed by atoms with Crippen molar-refractivity contribution in [1.29, 1.82) is 0 Å². The molecule has 2 N–H and O–H groups in total. The molecule has 21 heavy (non-hydrogen) atoms. The lowest BCUT2D eigenvalue weighted by Crippen LogP contribution is -2.53. The molecule has 5 saturated carbocycles. The van der Waals surface area contributed by atoms with Gasteiger partial charge in [0.05, 0.1) is 0 Å². The first-order valence-electron chi connectivity index (χ1n) is 9.25. The number of hydrogen-bond donors (Lipinski definition) is 2. The van der Waals surface area contributed by atoms with Gasteiger partial charge < -0.3 is 10.6 Å². The molecular formula is C18H30N2O. The third-order valence-electron chi connectivity index (χ3n) is 6.73. The van der Waals surface area contributed by atoms with Gasteiger partial charge in [-0.1, -0.05) is 19.3 Å². The molecule has 5 rings (SSSR count). The van der Waals surface area contributed by atoms with Gasteiger partial charge in [-0.05, 0) is 74.5 Å². The molecule has 4 bridgehead atoms. The summed E-state index contributed by atoms with van der Waals surface area (Å²) < 4.78 is 0. The fourth-order valence-corrected chi connectivity index (χ4v) is 6.26. The number of carbonyl (C=O) groups is 1. The molecule has 3 heteroatoms. The molecular weight excluding hydrogens is 260 g/mol. The Morgan fingerprint density at radius 3 is 2.05 bits per heavy atom. The smallest absolute Gasteiger partial charge is 0.315 e. The molecule has 0 aromatic heterocycles. The van der Waals surface area contributed by atoms with Crippen molar-refractivity contribution in [2.75, 3.05) is 6.54 Å². The first kappa shape index (κ1) is 13.9. The first-order chi connectivity index (χ1) is 10.2. The van der Waals surface area contributed by atoms with E-state index in [2.05, 4.69) is 10.6 Å². The maximum atomic E-state index is 12.2. The Morgan fingerprint density at radius 1 is 0.905 bits per heavy atom. The van der Waals surface area contributed by atoms with E-state index in [1.165, 1.54) is 70.6 Å². The van der Waals surface area contributed by atoms with Gasteiger partial charge in [0, 0.05) is 12.6 Å². The van der Waals surface area contributed by atoms with Gasteiger partial charge in [0.2, 0.25) is 0 Å². The van der Waals surface area contributed by atoms with Gasteiger partial charge in [-0.2, -0.15) is 0 Å². The Labute approximate surface area is 128 Å². The molecule has 118 valence electrons. The summed E-state index contributed by atoms with van der Waals surface area (Å²) in [6.45, 7) is 0.926. The molecule has 0 atom stereocenters. The highest BCUT2D eigenvalue weighted by atomic mass is 16.2. The van der Waals surface area contributed by atoms with Crippen molar-refractivity contribution < 1.29 is 4.79 Å². The number of rotatable bonds is 3. The monoisotopic (exact) mass is 290 g/mol. The number of carbonyl (C=O) groups excluding carboxylic acids is 1. The Hall–Kier alpha value is -0.730. The van der Waals surface area contributed by atoms with Crippen LogP contribution in [-0.4, -0.2) is 18.6 Å². The van der Waals surface area contributed by atoms with Gasteiger partial charge in [-0.25, -0.2) is 4.79 Å². The van der Waals surface area contributed by atoms with Crippen LogP contribution in [0, 0.1) is 23.2 Å². The summed E-state index contributed by atoms with van der Waals surface area (Å²) >= 11 is 0. The van der Waals surface area contributed by atoms with Crippen molar-refractivity contribution in [3.8, 4) is 0 Å². The summed E-state index contributed by atoms with van der Waals surface area (Å²) in [4.78, 5) is 12.2. The van der Waals surface area contributed by atoms with Gasteiger partial charge >= 0.3 is 6.03 Å². The van der Waals surface area contributed by atoms with Crippen LogP contribution in [0.3, 0.4) is 0 Å². The fraction of sp³-hybridized carbons (Fsp3) is 0.944. The predicted octanol–water partition coefficient (Wildman–Crippen LogP) is 3.83. The lowest BCUT2D eigenvalue weighted by molar-refractivity contribution is -0.0498. The quantitative estimate of drug-likeness (QED) is 0.815. The van der Waals surface area contributed by atoms with Gasteiger partial charge in [-0.15, -0.1) is 0 Å². The molecule has 0 spiro atoms. The summed E-state index contributed by atoms with van der Waals surface area (Å²) in [5.74, 6) is 2.92. The van der Waals surface area contributed by atoms with E-state index >= 15 is 0 Å². The molecule has 5 aliphatic rings. The van der Waals surface area contributed by atoms with E-state index in [-0.39, 0.29) is 6.03 Å². The van der Waals surface area contributed by atoms with Gasteiger partial charge in [0.25, 0.3) is 0 Å². The van der Waals surface area contributed by atoms with Crippen molar-refractivity contribution in [2.24, 2.45) is 23.2 Å². The van der Waals surface area contributed by atoms with E-state index in [0.717, 1.165) is 24.3 Å². The average Bonchev–Trinajstić information content (AvgIpc) is 2.45. The zero-order chi connectivity index (χ0) is 14.3. The molecule has 0 saturated heterocycles. The van der Waals surface area contributed by atoms with Crippen LogP contribution in [0.4, 0.5) is 4.79 Å². The average molecular weight is 290 g/mol. The Bertz CT molecular complexity index is 365. The highest BCUT2D eigenvalue weighted by Gasteiger charge is 2.50.